The monoisotopic (exact) mass is 327 g/mol. The van der Waals surface area contributed by atoms with Crippen molar-refractivity contribution in [1.82, 2.24) is 4.90 Å². The van der Waals surface area contributed by atoms with Crippen LogP contribution < -0.4 is 4.74 Å². The molecule has 1 fully saturated rings. The number of ether oxygens (including phenoxy) is 1. The highest BCUT2D eigenvalue weighted by Crippen LogP contribution is 2.23. The lowest BCUT2D eigenvalue weighted by Crippen LogP contribution is -2.48. The third kappa shape index (κ3) is 5.15. The molecule has 1 N–H and O–H groups in total. The minimum absolute atomic E-state index is 0. The van der Waals surface area contributed by atoms with Crippen molar-refractivity contribution < 1.29 is 9.84 Å². The topological polar surface area (TPSA) is 32.7 Å². The van der Waals surface area contributed by atoms with E-state index in [9.17, 15) is 5.11 Å². The van der Waals surface area contributed by atoms with Gasteiger partial charge < -0.3 is 9.84 Å². The second-order valence-electron chi connectivity index (χ2n) is 6.56. The molecule has 126 valence electrons. The van der Waals surface area contributed by atoms with E-state index in [4.69, 9.17) is 4.74 Å². The largest absolute Gasteiger partial charge is 0.491 e. The molecule has 3 unspecified atom stereocenters. The van der Waals surface area contributed by atoms with E-state index in [2.05, 4.69) is 37.8 Å². The minimum Gasteiger partial charge on any atom is -0.491 e. The van der Waals surface area contributed by atoms with Gasteiger partial charge >= 0.3 is 0 Å². The summed E-state index contributed by atoms with van der Waals surface area (Å²) in [7, 11) is 0. The molecular weight excluding hydrogens is 298 g/mol. The zero-order valence-electron chi connectivity index (χ0n) is 14.2. The Morgan fingerprint density at radius 3 is 2.50 bits per heavy atom. The molecule has 2 rings (SSSR count). The predicted octanol–water partition coefficient (Wildman–Crippen LogP) is 3.73. The first-order valence-electron chi connectivity index (χ1n) is 8.11. The first-order valence-corrected chi connectivity index (χ1v) is 8.11. The van der Waals surface area contributed by atoms with Gasteiger partial charge in [-0.2, -0.15) is 0 Å². The van der Waals surface area contributed by atoms with Crippen molar-refractivity contribution in [3.63, 3.8) is 0 Å². The Kier molecular flexibility index (Phi) is 7.67. The van der Waals surface area contributed by atoms with Crippen molar-refractivity contribution in [2.75, 3.05) is 13.2 Å². The van der Waals surface area contributed by atoms with Crippen LogP contribution in [0.4, 0.5) is 0 Å². The molecular formula is C18H30ClNO2. The van der Waals surface area contributed by atoms with E-state index in [1.165, 1.54) is 24.8 Å². The molecule has 1 aliphatic rings. The summed E-state index contributed by atoms with van der Waals surface area (Å²) in [6.07, 6.45) is 3.32. The highest BCUT2D eigenvalue weighted by Gasteiger charge is 2.26. The smallest absolute Gasteiger partial charge is 0.122 e. The van der Waals surface area contributed by atoms with E-state index in [1.54, 1.807) is 0 Å². The standard InChI is InChI=1S/C18H29NO2.ClH/c1-13-8-9-14(2)18(10-13)21-12-17(20)11-19-15(3)6-5-7-16(19)4;/h8-10,15-17,20H,5-7,11-12H2,1-4H3;1H. The van der Waals surface area contributed by atoms with E-state index in [-0.39, 0.29) is 12.4 Å². The van der Waals surface area contributed by atoms with Crippen LogP contribution in [0.3, 0.4) is 0 Å². The third-order valence-corrected chi connectivity index (χ3v) is 4.57. The second kappa shape index (κ2) is 8.76. The lowest BCUT2D eigenvalue weighted by Gasteiger charge is -2.40. The summed E-state index contributed by atoms with van der Waals surface area (Å²) in [5, 5.41) is 10.3. The van der Waals surface area contributed by atoms with Crippen molar-refractivity contribution in [2.45, 2.75) is 65.1 Å². The van der Waals surface area contributed by atoms with E-state index in [0.29, 0.717) is 25.2 Å². The zero-order chi connectivity index (χ0) is 15.4. The molecule has 3 atom stereocenters. The quantitative estimate of drug-likeness (QED) is 0.894. The Hall–Kier alpha value is -0.770. The molecule has 3 nitrogen and oxygen atoms in total. The number of β-amino-alcohol motifs (C(OH)–C–C–N with tert-alkyl or cyclic N) is 1. The fourth-order valence-electron chi connectivity index (χ4n) is 3.18. The molecule has 0 spiro atoms. The number of benzene rings is 1. The van der Waals surface area contributed by atoms with Gasteiger partial charge in [0.1, 0.15) is 18.5 Å². The number of hydrogen-bond donors (Lipinski definition) is 1. The Bertz CT molecular complexity index is 456. The Labute approximate surface area is 141 Å². The number of hydrogen-bond acceptors (Lipinski definition) is 3. The highest BCUT2D eigenvalue weighted by atomic mass is 35.5. The van der Waals surface area contributed by atoms with Gasteiger partial charge in [-0.15, -0.1) is 12.4 Å². The average molecular weight is 328 g/mol. The van der Waals surface area contributed by atoms with Gasteiger partial charge in [0.15, 0.2) is 0 Å². The molecule has 0 radical (unpaired) electrons. The number of aliphatic hydroxyl groups is 1. The van der Waals surface area contributed by atoms with Crippen LogP contribution in [0.15, 0.2) is 18.2 Å². The van der Waals surface area contributed by atoms with Crippen molar-refractivity contribution in [1.29, 1.82) is 0 Å². The van der Waals surface area contributed by atoms with Crippen LogP contribution in [-0.2, 0) is 0 Å². The van der Waals surface area contributed by atoms with Crippen LogP contribution in [0.1, 0.15) is 44.2 Å². The molecule has 1 heterocycles. The SMILES string of the molecule is Cc1ccc(C)c(OCC(O)CN2C(C)CCCC2C)c1.Cl. The van der Waals surface area contributed by atoms with E-state index in [1.807, 2.05) is 13.0 Å². The third-order valence-electron chi connectivity index (χ3n) is 4.57. The maximum atomic E-state index is 10.3. The Morgan fingerprint density at radius 1 is 1.23 bits per heavy atom. The summed E-state index contributed by atoms with van der Waals surface area (Å²) >= 11 is 0. The number of likely N-dealkylation sites (tertiary alicyclic amines) is 1. The van der Waals surface area contributed by atoms with Gasteiger partial charge in [-0.1, -0.05) is 18.6 Å². The fourth-order valence-corrected chi connectivity index (χ4v) is 3.18. The molecule has 0 aliphatic carbocycles. The maximum absolute atomic E-state index is 10.3. The van der Waals surface area contributed by atoms with E-state index >= 15 is 0 Å². The first-order chi connectivity index (χ1) is 9.97. The van der Waals surface area contributed by atoms with Crippen molar-refractivity contribution in [3.05, 3.63) is 29.3 Å². The number of halogens is 1. The predicted molar refractivity (Wildman–Crippen MR) is 94.1 cm³/mol. The van der Waals surface area contributed by atoms with Crippen LogP contribution in [0.2, 0.25) is 0 Å². The van der Waals surface area contributed by atoms with Gasteiger partial charge in [-0.3, -0.25) is 4.90 Å². The average Bonchev–Trinajstić information content (AvgIpc) is 2.44. The van der Waals surface area contributed by atoms with Crippen LogP contribution in [0.25, 0.3) is 0 Å². The molecule has 0 aromatic heterocycles. The summed E-state index contributed by atoms with van der Waals surface area (Å²) < 4.78 is 5.81. The lowest BCUT2D eigenvalue weighted by molar-refractivity contribution is 0.0207. The number of rotatable bonds is 5. The normalized spacial score (nSPS) is 23.7. The molecule has 22 heavy (non-hydrogen) atoms. The van der Waals surface area contributed by atoms with E-state index in [0.717, 1.165) is 11.3 Å². The number of aliphatic hydroxyl groups excluding tert-OH is 1. The fraction of sp³-hybridized carbons (Fsp3) is 0.667. The molecule has 1 aromatic carbocycles. The Balaban J connectivity index is 0.00000242. The summed E-state index contributed by atoms with van der Waals surface area (Å²) in [5.41, 5.74) is 2.30. The van der Waals surface area contributed by atoms with Crippen LogP contribution in [0.5, 0.6) is 5.75 Å². The van der Waals surface area contributed by atoms with Gasteiger partial charge in [-0.05, 0) is 57.7 Å². The molecule has 0 bridgehead atoms. The summed E-state index contributed by atoms with van der Waals surface area (Å²) in [4.78, 5) is 2.42. The molecule has 1 aliphatic heterocycles. The van der Waals surface area contributed by atoms with Crippen molar-refractivity contribution in [2.24, 2.45) is 0 Å². The van der Waals surface area contributed by atoms with Gasteiger partial charge in [0.25, 0.3) is 0 Å². The summed E-state index contributed by atoms with van der Waals surface area (Å²) in [6.45, 7) is 9.67. The molecule has 0 saturated carbocycles. The van der Waals surface area contributed by atoms with E-state index < -0.39 is 6.10 Å². The van der Waals surface area contributed by atoms with Crippen molar-refractivity contribution >= 4 is 12.4 Å². The van der Waals surface area contributed by atoms with Crippen molar-refractivity contribution in [3.8, 4) is 5.75 Å². The van der Waals surface area contributed by atoms with Crippen LogP contribution in [-0.4, -0.2) is 41.3 Å². The minimum atomic E-state index is -0.437. The van der Waals surface area contributed by atoms with Crippen LogP contribution >= 0.6 is 12.4 Å². The summed E-state index contributed by atoms with van der Waals surface area (Å²) in [5.74, 6) is 0.883. The number of aryl methyl sites for hydroxylation is 2. The van der Waals surface area contributed by atoms with Crippen LogP contribution in [0, 0.1) is 13.8 Å². The van der Waals surface area contributed by atoms with Gasteiger partial charge in [0.05, 0.1) is 0 Å². The highest BCUT2D eigenvalue weighted by molar-refractivity contribution is 5.85. The molecule has 0 amide bonds. The lowest BCUT2D eigenvalue weighted by atomic mass is 9.97. The number of nitrogens with zero attached hydrogens (tertiary/aromatic N) is 1. The molecule has 1 aromatic rings. The van der Waals surface area contributed by atoms with Gasteiger partial charge in [-0.25, -0.2) is 0 Å². The molecule has 1 saturated heterocycles. The zero-order valence-corrected chi connectivity index (χ0v) is 15.0. The first kappa shape index (κ1) is 19.3. The maximum Gasteiger partial charge on any atom is 0.122 e. The second-order valence-corrected chi connectivity index (χ2v) is 6.56. The van der Waals surface area contributed by atoms with Gasteiger partial charge in [0.2, 0.25) is 0 Å². The van der Waals surface area contributed by atoms with Gasteiger partial charge in [0, 0.05) is 18.6 Å². The summed E-state index contributed by atoms with van der Waals surface area (Å²) in [6, 6.07) is 7.30. The number of piperidine rings is 1. The Morgan fingerprint density at radius 2 is 1.86 bits per heavy atom. The molecule has 4 heteroatoms.